The van der Waals surface area contributed by atoms with Crippen molar-refractivity contribution in [2.75, 3.05) is 16.9 Å². The number of hydrazine groups is 1. The van der Waals surface area contributed by atoms with E-state index in [-0.39, 0.29) is 24.2 Å². The van der Waals surface area contributed by atoms with Crippen molar-refractivity contribution in [3.63, 3.8) is 0 Å². The fraction of sp³-hybridized carbons (Fsp3) is 0.455. The van der Waals surface area contributed by atoms with Gasteiger partial charge in [0, 0.05) is 6.04 Å². The molecule has 0 spiro atoms. The molecule has 1 aromatic heterocycles. The summed E-state index contributed by atoms with van der Waals surface area (Å²) >= 11 is 0. The molecular weight excluding hydrogens is 275 g/mol. The predicted molar refractivity (Wildman–Crippen MR) is 68.7 cm³/mol. The molecule has 0 aromatic carbocycles. The molecule has 0 unspecified atom stereocenters. The number of hydrogen-bond acceptors (Lipinski definition) is 5. The van der Waals surface area contributed by atoms with Gasteiger partial charge >= 0.3 is 6.18 Å². The summed E-state index contributed by atoms with van der Waals surface area (Å²) in [4.78, 5) is 16.3. The van der Waals surface area contributed by atoms with Gasteiger partial charge in [-0.3, -0.25) is 4.79 Å². The highest BCUT2D eigenvalue weighted by atomic mass is 19.4. The number of nitrogen functional groups attached to an aromatic ring is 1. The molecule has 1 aromatic rings. The molecule has 1 rings (SSSR count). The van der Waals surface area contributed by atoms with Crippen molar-refractivity contribution in [1.82, 2.24) is 4.98 Å². The van der Waals surface area contributed by atoms with Crippen LogP contribution in [0.5, 0.6) is 0 Å². The van der Waals surface area contributed by atoms with Crippen LogP contribution in [0.1, 0.15) is 19.4 Å². The topological polar surface area (TPSA) is 97.3 Å². The number of primary amides is 1. The van der Waals surface area contributed by atoms with Crippen molar-refractivity contribution in [3.05, 3.63) is 17.7 Å². The van der Waals surface area contributed by atoms with E-state index in [2.05, 4.69) is 10.4 Å². The monoisotopic (exact) mass is 291 g/mol. The molecule has 0 atom stereocenters. The molecule has 1 amide bonds. The lowest BCUT2D eigenvalue weighted by Crippen LogP contribution is -2.39. The first kappa shape index (κ1) is 16.0. The zero-order valence-electron chi connectivity index (χ0n) is 11.0. The summed E-state index contributed by atoms with van der Waals surface area (Å²) in [5.74, 6) is 4.28. The summed E-state index contributed by atoms with van der Waals surface area (Å²) < 4.78 is 38.4. The van der Waals surface area contributed by atoms with Gasteiger partial charge in [-0.15, -0.1) is 0 Å². The second-order valence-corrected chi connectivity index (χ2v) is 4.43. The van der Waals surface area contributed by atoms with Gasteiger partial charge in [-0.1, -0.05) is 0 Å². The zero-order valence-corrected chi connectivity index (χ0v) is 11.0. The average Bonchev–Trinajstić information content (AvgIpc) is 2.33. The van der Waals surface area contributed by atoms with Crippen LogP contribution >= 0.6 is 0 Å². The summed E-state index contributed by atoms with van der Waals surface area (Å²) in [6.45, 7) is 3.18. The minimum Gasteiger partial charge on any atom is -0.368 e. The van der Waals surface area contributed by atoms with Crippen molar-refractivity contribution in [1.29, 1.82) is 0 Å². The Balaban J connectivity index is 3.30. The fourth-order valence-corrected chi connectivity index (χ4v) is 1.60. The van der Waals surface area contributed by atoms with Crippen LogP contribution in [-0.4, -0.2) is 23.5 Å². The second-order valence-electron chi connectivity index (χ2n) is 4.43. The Kier molecular flexibility index (Phi) is 4.77. The SMILES string of the molecule is CC(C)N(CC(N)=O)c1cc(C(F)(F)F)cc(NN)n1. The molecule has 0 fully saturated rings. The quantitative estimate of drug-likeness (QED) is 0.557. The van der Waals surface area contributed by atoms with Crippen LogP contribution in [0.15, 0.2) is 12.1 Å². The fourth-order valence-electron chi connectivity index (χ4n) is 1.60. The van der Waals surface area contributed by atoms with Gasteiger partial charge < -0.3 is 16.1 Å². The van der Waals surface area contributed by atoms with Gasteiger partial charge in [0.25, 0.3) is 0 Å². The molecule has 1 heterocycles. The molecule has 6 nitrogen and oxygen atoms in total. The predicted octanol–water partition coefficient (Wildman–Crippen LogP) is 1.09. The normalized spacial score (nSPS) is 11.6. The zero-order chi connectivity index (χ0) is 15.5. The maximum absolute atomic E-state index is 12.8. The summed E-state index contributed by atoms with van der Waals surface area (Å²) in [7, 11) is 0. The number of halogens is 3. The number of carbonyl (C=O) groups is 1. The highest BCUT2D eigenvalue weighted by Gasteiger charge is 2.32. The van der Waals surface area contributed by atoms with Crippen molar-refractivity contribution in [2.45, 2.75) is 26.1 Å². The number of rotatable bonds is 5. The Morgan fingerprint density at radius 1 is 1.45 bits per heavy atom. The van der Waals surface area contributed by atoms with Gasteiger partial charge in [0.1, 0.15) is 11.6 Å². The smallest absolute Gasteiger partial charge is 0.368 e. The van der Waals surface area contributed by atoms with Gasteiger partial charge in [-0.05, 0) is 26.0 Å². The Hall–Kier alpha value is -2.03. The van der Waals surface area contributed by atoms with Gasteiger partial charge in [-0.25, -0.2) is 10.8 Å². The molecular formula is C11H16F3N5O. The molecule has 0 bridgehead atoms. The van der Waals surface area contributed by atoms with Gasteiger partial charge in [0.2, 0.25) is 5.91 Å². The standard InChI is InChI=1S/C11H16F3N5O/c1-6(2)19(5-8(15)20)10-4-7(11(12,13)14)3-9(17-10)18-16/h3-4,6H,5,16H2,1-2H3,(H2,15,20)(H,17,18). The van der Waals surface area contributed by atoms with E-state index >= 15 is 0 Å². The van der Waals surface area contributed by atoms with E-state index in [1.807, 2.05) is 0 Å². The Morgan fingerprint density at radius 2 is 2.05 bits per heavy atom. The number of nitrogens with two attached hydrogens (primary N) is 2. The summed E-state index contributed by atoms with van der Waals surface area (Å²) in [5, 5.41) is 0. The third kappa shape index (κ3) is 3.98. The lowest BCUT2D eigenvalue weighted by atomic mass is 10.2. The maximum atomic E-state index is 12.8. The summed E-state index contributed by atoms with van der Waals surface area (Å²) in [6.07, 6.45) is -4.54. The molecule has 20 heavy (non-hydrogen) atoms. The summed E-state index contributed by atoms with van der Waals surface area (Å²) in [5.41, 5.74) is 6.25. The van der Waals surface area contributed by atoms with Crippen LogP contribution < -0.4 is 21.9 Å². The molecule has 112 valence electrons. The number of amides is 1. The Bertz CT molecular complexity index is 489. The van der Waals surface area contributed by atoms with E-state index in [1.165, 1.54) is 4.90 Å². The van der Waals surface area contributed by atoms with E-state index < -0.39 is 17.6 Å². The molecule has 0 radical (unpaired) electrons. The van der Waals surface area contributed by atoms with Crippen LogP contribution in [-0.2, 0) is 11.0 Å². The Morgan fingerprint density at radius 3 is 2.45 bits per heavy atom. The first-order valence-corrected chi connectivity index (χ1v) is 5.76. The highest BCUT2D eigenvalue weighted by molar-refractivity contribution is 5.79. The van der Waals surface area contributed by atoms with Crippen LogP contribution in [0.4, 0.5) is 24.8 Å². The first-order chi connectivity index (χ1) is 9.15. The molecule has 0 aliphatic heterocycles. The van der Waals surface area contributed by atoms with E-state index in [4.69, 9.17) is 11.6 Å². The van der Waals surface area contributed by atoms with E-state index in [0.717, 1.165) is 12.1 Å². The minimum atomic E-state index is -4.54. The van der Waals surface area contributed by atoms with Gasteiger partial charge in [-0.2, -0.15) is 13.2 Å². The lowest BCUT2D eigenvalue weighted by Gasteiger charge is -2.27. The van der Waals surface area contributed by atoms with Crippen LogP contribution in [0.25, 0.3) is 0 Å². The molecule has 0 aliphatic carbocycles. The van der Waals surface area contributed by atoms with Crippen molar-refractivity contribution in [2.24, 2.45) is 11.6 Å². The van der Waals surface area contributed by atoms with Crippen LogP contribution in [0, 0.1) is 0 Å². The number of alkyl halides is 3. The molecule has 9 heteroatoms. The largest absolute Gasteiger partial charge is 0.416 e. The van der Waals surface area contributed by atoms with Crippen molar-refractivity contribution >= 4 is 17.5 Å². The highest BCUT2D eigenvalue weighted by Crippen LogP contribution is 2.33. The number of nitrogens with one attached hydrogen (secondary N) is 1. The van der Waals surface area contributed by atoms with Crippen molar-refractivity contribution < 1.29 is 18.0 Å². The molecule has 0 aliphatic rings. The van der Waals surface area contributed by atoms with Crippen LogP contribution in [0.2, 0.25) is 0 Å². The number of pyridine rings is 1. The van der Waals surface area contributed by atoms with E-state index in [0.29, 0.717) is 0 Å². The van der Waals surface area contributed by atoms with Gasteiger partial charge in [0.15, 0.2) is 0 Å². The third-order valence-electron chi connectivity index (χ3n) is 2.53. The minimum absolute atomic E-state index is 0.0263. The number of aromatic nitrogens is 1. The first-order valence-electron chi connectivity index (χ1n) is 5.76. The lowest BCUT2D eigenvalue weighted by molar-refractivity contribution is -0.137. The Labute approximate surface area is 113 Å². The average molecular weight is 291 g/mol. The molecule has 0 saturated carbocycles. The van der Waals surface area contributed by atoms with E-state index in [1.54, 1.807) is 13.8 Å². The van der Waals surface area contributed by atoms with Gasteiger partial charge in [0.05, 0.1) is 12.1 Å². The molecule has 5 N–H and O–H groups in total. The summed E-state index contributed by atoms with van der Waals surface area (Å²) in [6, 6.07) is 1.37. The number of nitrogens with zero attached hydrogens (tertiary/aromatic N) is 2. The third-order valence-corrected chi connectivity index (χ3v) is 2.53. The second kappa shape index (κ2) is 5.95. The van der Waals surface area contributed by atoms with E-state index in [9.17, 15) is 18.0 Å². The number of carbonyl (C=O) groups excluding carboxylic acids is 1. The number of anilines is 2. The molecule has 0 saturated heterocycles. The number of hydrogen-bond donors (Lipinski definition) is 3. The van der Waals surface area contributed by atoms with Crippen molar-refractivity contribution in [3.8, 4) is 0 Å². The van der Waals surface area contributed by atoms with Crippen LogP contribution in [0.3, 0.4) is 0 Å². The maximum Gasteiger partial charge on any atom is 0.416 e.